The molecule has 0 spiro atoms. The molecule has 1 unspecified atom stereocenters. The van der Waals surface area contributed by atoms with Crippen LogP contribution in [0.4, 0.5) is 0 Å². The lowest BCUT2D eigenvalue weighted by Gasteiger charge is -2.05. The molecule has 0 fully saturated rings. The Bertz CT molecular complexity index is 287. The van der Waals surface area contributed by atoms with Crippen molar-refractivity contribution in [2.45, 2.75) is 12.5 Å². The summed E-state index contributed by atoms with van der Waals surface area (Å²) < 4.78 is 1.01. The molecule has 66 valence electrons. The SMILES string of the molecule is NC(=O)CC(N)c1csc(Br)c1. The molecule has 1 heterocycles. The van der Waals surface area contributed by atoms with Crippen LogP contribution in [0.3, 0.4) is 0 Å². The normalized spacial score (nSPS) is 12.8. The third-order valence-corrected chi connectivity index (χ3v) is 2.96. The van der Waals surface area contributed by atoms with E-state index in [4.69, 9.17) is 11.5 Å². The average molecular weight is 249 g/mol. The second-order valence-electron chi connectivity index (χ2n) is 2.46. The molecule has 0 aliphatic rings. The van der Waals surface area contributed by atoms with Gasteiger partial charge in [0.05, 0.1) is 3.79 Å². The van der Waals surface area contributed by atoms with E-state index >= 15 is 0 Å². The van der Waals surface area contributed by atoms with Gasteiger partial charge in [0.2, 0.25) is 5.91 Å². The number of hydrogen-bond acceptors (Lipinski definition) is 3. The van der Waals surface area contributed by atoms with E-state index in [1.165, 1.54) is 0 Å². The van der Waals surface area contributed by atoms with Gasteiger partial charge in [-0.3, -0.25) is 4.79 Å². The summed E-state index contributed by atoms with van der Waals surface area (Å²) in [7, 11) is 0. The number of halogens is 1. The quantitative estimate of drug-likeness (QED) is 0.849. The molecule has 4 N–H and O–H groups in total. The van der Waals surface area contributed by atoms with Crippen molar-refractivity contribution in [2.24, 2.45) is 11.5 Å². The lowest BCUT2D eigenvalue weighted by Crippen LogP contribution is -2.20. The van der Waals surface area contributed by atoms with Crippen molar-refractivity contribution in [1.29, 1.82) is 0 Å². The van der Waals surface area contributed by atoms with Gasteiger partial charge in [0.15, 0.2) is 0 Å². The Labute approximate surface area is 82.9 Å². The van der Waals surface area contributed by atoms with Gasteiger partial charge < -0.3 is 11.5 Å². The van der Waals surface area contributed by atoms with Crippen LogP contribution >= 0.6 is 27.3 Å². The minimum Gasteiger partial charge on any atom is -0.370 e. The molecule has 0 aliphatic heterocycles. The first-order chi connectivity index (χ1) is 5.59. The number of hydrogen-bond donors (Lipinski definition) is 2. The molecule has 0 aromatic carbocycles. The fourth-order valence-corrected chi connectivity index (χ4v) is 2.09. The third-order valence-electron chi connectivity index (χ3n) is 1.44. The minimum absolute atomic E-state index is 0.198. The molecule has 5 heteroatoms. The highest BCUT2D eigenvalue weighted by molar-refractivity contribution is 9.11. The maximum Gasteiger partial charge on any atom is 0.219 e. The van der Waals surface area contributed by atoms with Crippen LogP contribution in [0.5, 0.6) is 0 Å². The number of amides is 1. The van der Waals surface area contributed by atoms with Crippen molar-refractivity contribution in [1.82, 2.24) is 0 Å². The number of carbonyl (C=O) groups is 1. The molecule has 0 radical (unpaired) electrons. The summed E-state index contributed by atoms with van der Waals surface area (Å²) in [5.41, 5.74) is 11.7. The van der Waals surface area contributed by atoms with E-state index in [9.17, 15) is 4.79 Å². The van der Waals surface area contributed by atoms with Crippen molar-refractivity contribution in [3.8, 4) is 0 Å². The second kappa shape index (κ2) is 4.02. The first-order valence-corrected chi connectivity index (χ1v) is 5.04. The third kappa shape index (κ3) is 2.58. The van der Waals surface area contributed by atoms with E-state index in [0.29, 0.717) is 0 Å². The van der Waals surface area contributed by atoms with Gasteiger partial charge >= 0.3 is 0 Å². The van der Waals surface area contributed by atoms with Crippen molar-refractivity contribution in [3.05, 3.63) is 20.8 Å². The van der Waals surface area contributed by atoms with Gasteiger partial charge in [-0.05, 0) is 32.9 Å². The number of thiophene rings is 1. The highest BCUT2D eigenvalue weighted by Crippen LogP contribution is 2.25. The summed E-state index contributed by atoms with van der Waals surface area (Å²) >= 11 is 4.86. The molecule has 1 rings (SSSR count). The van der Waals surface area contributed by atoms with Crippen molar-refractivity contribution < 1.29 is 4.79 Å². The van der Waals surface area contributed by atoms with Crippen molar-refractivity contribution >= 4 is 33.2 Å². The Balaban J connectivity index is 2.64. The fourth-order valence-electron chi connectivity index (χ4n) is 0.852. The monoisotopic (exact) mass is 248 g/mol. The molecule has 1 amide bonds. The Morgan fingerprint density at radius 1 is 1.75 bits per heavy atom. The topological polar surface area (TPSA) is 69.1 Å². The molecule has 1 aromatic heterocycles. The van der Waals surface area contributed by atoms with Gasteiger partial charge in [0.25, 0.3) is 0 Å². The van der Waals surface area contributed by atoms with E-state index < -0.39 is 0 Å². The maximum absolute atomic E-state index is 10.5. The summed E-state index contributed by atoms with van der Waals surface area (Å²) in [5, 5.41) is 1.91. The van der Waals surface area contributed by atoms with E-state index in [0.717, 1.165) is 9.35 Å². The second-order valence-corrected chi connectivity index (χ2v) is 4.75. The molecule has 1 atom stereocenters. The van der Waals surface area contributed by atoms with E-state index in [1.807, 2.05) is 11.4 Å². The van der Waals surface area contributed by atoms with Crippen LogP contribution in [0.1, 0.15) is 18.0 Å². The molecular formula is C7H9BrN2OS. The van der Waals surface area contributed by atoms with Crippen LogP contribution in [0.2, 0.25) is 0 Å². The molecule has 3 nitrogen and oxygen atoms in total. The van der Waals surface area contributed by atoms with Gasteiger partial charge in [-0.2, -0.15) is 0 Å². The Hall–Kier alpha value is -0.390. The predicted octanol–water partition coefficient (Wildman–Crippen LogP) is 1.39. The van der Waals surface area contributed by atoms with Gasteiger partial charge in [-0.25, -0.2) is 0 Å². The number of rotatable bonds is 3. The standard InChI is InChI=1S/C7H9BrN2OS/c8-6-1-4(3-12-6)5(9)2-7(10)11/h1,3,5H,2,9H2,(H2,10,11). The summed E-state index contributed by atoms with van der Waals surface area (Å²) in [5.74, 6) is -0.371. The summed E-state index contributed by atoms with van der Waals surface area (Å²) in [4.78, 5) is 10.5. The fraction of sp³-hybridized carbons (Fsp3) is 0.286. The highest BCUT2D eigenvalue weighted by Gasteiger charge is 2.10. The summed E-state index contributed by atoms with van der Waals surface area (Å²) in [6, 6.07) is 1.63. The van der Waals surface area contributed by atoms with E-state index in [-0.39, 0.29) is 18.4 Å². The molecule has 1 aromatic rings. The predicted molar refractivity (Wildman–Crippen MR) is 52.8 cm³/mol. The minimum atomic E-state index is -0.371. The Morgan fingerprint density at radius 2 is 2.42 bits per heavy atom. The van der Waals surface area contributed by atoms with Crippen molar-refractivity contribution in [3.63, 3.8) is 0 Å². The zero-order valence-corrected chi connectivity index (χ0v) is 8.69. The lowest BCUT2D eigenvalue weighted by atomic mass is 10.1. The summed E-state index contributed by atoms with van der Waals surface area (Å²) in [6.07, 6.45) is 0.198. The highest BCUT2D eigenvalue weighted by atomic mass is 79.9. The van der Waals surface area contributed by atoms with E-state index in [2.05, 4.69) is 15.9 Å². The largest absolute Gasteiger partial charge is 0.370 e. The summed E-state index contributed by atoms with van der Waals surface area (Å²) in [6.45, 7) is 0. The average Bonchev–Trinajstić information content (AvgIpc) is 2.34. The van der Waals surface area contributed by atoms with Crippen molar-refractivity contribution in [2.75, 3.05) is 0 Å². The van der Waals surface area contributed by atoms with Crippen LogP contribution in [-0.2, 0) is 4.79 Å². The molecule has 0 saturated carbocycles. The first kappa shape index (κ1) is 9.70. The zero-order valence-electron chi connectivity index (χ0n) is 6.29. The molecule has 12 heavy (non-hydrogen) atoms. The van der Waals surface area contributed by atoms with Crippen LogP contribution in [-0.4, -0.2) is 5.91 Å². The smallest absolute Gasteiger partial charge is 0.219 e. The molecule has 0 bridgehead atoms. The van der Waals surface area contributed by atoms with Crippen LogP contribution < -0.4 is 11.5 Å². The Morgan fingerprint density at radius 3 is 2.83 bits per heavy atom. The van der Waals surface area contributed by atoms with Gasteiger partial charge in [0, 0.05) is 12.5 Å². The Kier molecular flexibility index (Phi) is 3.25. The molecule has 0 saturated heterocycles. The maximum atomic E-state index is 10.5. The van der Waals surface area contributed by atoms with Crippen LogP contribution in [0.15, 0.2) is 15.2 Å². The lowest BCUT2D eigenvalue weighted by molar-refractivity contribution is -0.118. The number of nitrogens with two attached hydrogens (primary N) is 2. The molecular weight excluding hydrogens is 240 g/mol. The van der Waals surface area contributed by atoms with Gasteiger partial charge in [-0.1, -0.05) is 0 Å². The first-order valence-electron chi connectivity index (χ1n) is 3.37. The number of carbonyl (C=O) groups excluding carboxylic acids is 1. The van der Waals surface area contributed by atoms with Crippen LogP contribution in [0, 0.1) is 0 Å². The number of primary amides is 1. The zero-order chi connectivity index (χ0) is 9.14. The van der Waals surface area contributed by atoms with Crippen LogP contribution in [0.25, 0.3) is 0 Å². The van der Waals surface area contributed by atoms with E-state index in [1.54, 1.807) is 11.3 Å². The van der Waals surface area contributed by atoms with Gasteiger partial charge in [0.1, 0.15) is 0 Å². The van der Waals surface area contributed by atoms with Gasteiger partial charge in [-0.15, -0.1) is 11.3 Å². The molecule has 0 aliphatic carbocycles.